The summed E-state index contributed by atoms with van der Waals surface area (Å²) in [7, 11) is -0.269. The van der Waals surface area contributed by atoms with Crippen LogP contribution in [0.25, 0.3) is 0 Å². The van der Waals surface area contributed by atoms with Gasteiger partial charge in [0.05, 0.1) is 22.7 Å². The van der Waals surface area contributed by atoms with E-state index < -0.39 is 0 Å². The zero-order valence-electron chi connectivity index (χ0n) is 10.6. The van der Waals surface area contributed by atoms with Crippen molar-refractivity contribution in [3.8, 4) is 0 Å². The molecule has 0 radical (unpaired) electrons. The summed E-state index contributed by atoms with van der Waals surface area (Å²) >= 11 is 0. The fourth-order valence-corrected chi connectivity index (χ4v) is 3.66. The van der Waals surface area contributed by atoms with Gasteiger partial charge in [0.25, 0.3) is 0 Å². The number of hydrogen-bond acceptors (Lipinski definition) is 4. The molecule has 1 heterocycles. The molecule has 0 saturated carbocycles. The minimum absolute atomic E-state index is 0.121. The van der Waals surface area contributed by atoms with Crippen LogP contribution >= 0.6 is 0 Å². The molecule has 1 aliphatic heterocycles. The molecule has 0 aromatic heterocycles. The molecule has 1 rings (SSSR count). The normalized spacial score (nSPS) is 18.9. The smallest absolute Gasteiger partial charge is 0.134 e. The Labute approximate surface area is 101 Å². The van der Waals surface area contributed by atoms with Gasteiger partial charge in [-0.1, -0.05) is 0 Å². The molecule has 16 heavy (non-hydrogen) atoms. The Balaban J connectivity index is 2.06. The Kier molecular flexibility index (Phi) is 8.05. The third-order valence-electron chi connectivity index (χ3n) is 2.72. The summed E-state index contributed by atoms with van der Waals surface area (Å²) in [6, 6.07) is 1.27. The van der Waals surface area contributed by atoms with Crippen LogP contribution in [0.2, 0.25) is 6.04 Å². The van der Waals surface area contributed by atoms with Gasteiger partial charge >= 0.3 is 0 Å². The highest BCUT2D eigenvalue weighted by atomic mass is 28.2. The Hall–Kier alpha value is 0.0569. The highest BCUT2D eigenvalue weighted by Gasteiger charge is 2.12. The zero-order chi connectivity index (χ0) is 11.6. The minimum atomic E-state index is -0.269. The van der Waals surface area contributed by atoms with Crippen LogP contribution in [0.1, 0.15) is 13.8 Å². The predicted molar refractivity (Wildman–Crippen MR) is 67.7 cm³/mol. The fraction of sp³-hybridized carbons (Fsp3) is 1.00. The maximum atomic E-state index is 5.57. The van der Waals surface area contributed by atoms with E-state index in [-0.39, 0.29) is 15.4 Å². The Morgan fingerprint density at radius 2 is 1.81 bits per heavy atom. The van der Waals surface area contributed by atoms with Gasteiger partial charge in [-0.25, -0.2) is 0 Å². The van der Waals surface area contributed by atoms with E-state index in [1.807, 2.05) is 13.8 Å². The zero-order valence-corrected chi connectivity index (χ0v) is 12.0. The van der Waals surface area contributed by atoms with Crippen LogP contribution in [-0.4, -0.2) is 66.4 Å². The van der Waals surface area contributed by atoms with Crippen LogP contribution in [0.15, 0.2) is 0 Å². The summed E-state index contributed by atoms with van der Waals surface area (Å²) in [5.41, 5.74) is 0. The predicted octanol–water partition coefficient (Wildman–Crippen LogP) is 0.262. The molecule has 4 nitrogen and oxygen atoms in total. The highest BCUT2D eigenvalue weighted by Crippen LogP contribution is 2.01. The van der Waals surface area contributed by atoms with Crippen LogP contribution < -0.4 is 0 Å². The van der Waals surface area contributed by atoms with Gasteiger partial charge in [0.1, 0.15) is 5.91 Å². The lowest BCUT2D eigenvalue weighted by molar-refractivity contribution is -0.0829. The van der Waals surface area contributed by atoms with Crippen LogP contribution in [-0.2, 0) is 14.2 Å². The van der Waals surface area contributed by atoms with Crippen molar-refractivity contribution < 1.29 is 14.2 Å². The van der Waals surface area contributed by atoms with Crippen LogP contribution in [0.3, 0.4) is 0 Å². The molecule has 96 valence electrons. The molecule has 0 aliphatic carbocycles. The molecule has 1 aliphatic rings. The van der Waals surface area contributed by atoms with Crippen LogP contribution in [0.5, 0.6) is 0 Å². The maximum Gasteiger partial charge on any atom is 0.134 e. The van der Waals surface area contributed by atoms with Gasteiger partial charge in [-0.05, 0) is 26.4 Å². The first-order valence-corrected chi connectivity index (χ1v) is 8.21. The van der Waals surface area contributed by atoms with Crippen LogP contribution in [0, 0.1) is 0 Å². The van der Waals surface area contributed by atoms with E-state index >= 15 is 0 Å². The second-order valence-corrected chi connectivity index (χ2v) is 5.89. The number of hydrogen-bond donors (Lipinski definition) is 0. The van der Waals surface area contributed by atoms with Gasteiger partial charge < -0.3 is 14.2 Å². The average molecular weight is 247 g/mol. The van der Waals surface area contributed by atoms with Crippen molar-refractivity contribution in [3.05, 3.63) is 0 Å². The van der Waals surface area contributed by atoms with Crippen molar-refractivity contribution in [3.63, 3.8) is 0 Å². The number of nitrogens with zero attached hydrogens (tertiary/aromatic N) is 1. The van der Waals surface area contributed by atoms with E-state index in [0.717, 1.165) is 39.5 Å². The van der Waals surface area contributed by atoms with E-state index in [4.69, 9.17) is 14.2 Å². The first kappa shape index (κ1) is 14.1. The van der Waals surface area contributed by atoms with Crippen molar-refractivity contribution in [2.24, 2.45) is 0 Å². The average Bonchev–Trinajstić information content (AvgIpc) is 2.31. The molecule has 1 fully saturated rings. The monoisotopic (exact) mass is 247 g/mol. The molecule has 0 spiro atoms. The lowest BCUT2D eigenvalue weighted by Gasteiger charge is -2.27. The molecular formula is C11H25NO3Si. The summed E-state index contributed by atoms with van der Waals surface area (Å²) in [4.78, 5) is 2.48. The first-order chi connectivity index (χ1) is 7.86. The second kappa shape index (κ2) is 9.12. The fourth-order valence-electron chi connectivity index (χ4n) is 1.89. The molecule has 0 bridgehead atoms. The van der Waals surface area contributed by atoms with Crippen molar-refractivity contribution in [2.75, 3.05) is 46.1 Å². The van der Waals surface area contributed by atoms with E-state index in [1.165, 1.54) is 12.6 Å². The summed E-state index contributed by atoms with van der Waals surface area (Å²) < 4.78 is 16.5. The SMILES string of the molecule is CCOC(OCC)[SiH2]CCN1CCOCC1. The van der Waals surface area contributed by atoms with Crippen molar-refractivity contribution in [1.29, 1.82) is 0 Å². The van der Waals surface area contributed by atoms with Crippen molar-refractivity contribution in [1.82, 2.24) is 4.90 Å². The molecule has 1 saturated heterocycles. The van der Waals surface area contributed by atoms with Gasteiger partial charge in [0, 0.05) is 26.3 Å². The standard InChI is InChI=1S/C11H25NO3Si/c1-3-14-11(15-4-2)16-10-7-12-5-8-13-9-6-12/h11H,3-10,16H2,1-2H3. The number of ether oxygens (including phenoxy) is 3. The lowest BCUT2D eigenvalue weighted by Crippen LogP contribution is -2.38. The molecule has 0 atom stereocenters. The molecule has 0 amide bonds. The Bertz CT molecular complexity index is 159. The Morgan fingerprint density at radius 1 is 1.19 bits per heavy atom. The van der Waals surface area contributed by atoms with Crippen LogP contribution in [0.4, 0.5) is 0 Å². The van der Waals surface area contributed by atoms with E-state index in [0.29, 0.717) is 0 Å². The summed E-state index contributed by atoms with van der Waals surface area (Å²) in [5, 5.41) is 0. The largest absolute Gasteiger partial charge is 0.379 e. The van der Waals surface area contributed by atoms with Gasteiger partial charge in [-0.15, -0.1) is 0 Å². The van der Waals surface area contributed by atoms with Gasteiger partial charge in [-0.3, -0.25) is 4.90 Å². The van der Waals surface area contributed by atoms with Gasteiger partial charge in [0.2, 0.25) is 0 Å². The van der Waals surface area contributed by atoms with Gasteiger partial charge in [-0.2, -0.15) is 0 Å². The Morgan fingerprint density at radius 3 is 2.38 bits per heavy atom. The third kappa shape index (κ3) is 5.96. The summed E-state index contributed by atoms with van der Waals surface area (Å²) in [6.07, 6.45) is 0. The number of rotatable bonds is 8. The lowest BCUT2D eigenvalue weighted by atomic mass is 10.4. The van der Waals surface area contributed by atoms with E-state index in [2.05, 4.69) is 4.90 Å². The molecule has 5 heteroatoms. The number of morpholine rings is 1. The highest BCUT2D eigenvalue weighted by molar-refractivity contribution is 6.36. The molecule has 0 aromatic rings. The van der Waals surface area contributed by atoms with E-state index in [9.17, 15) is 0 Å². The third-order valence-corrected chi connectivity index (χ3v) is 4.39. The van der Waals surface area contributed by atoms with Crippen molar-refractivity contribution >= 4 is 9.52 Å². The van der Waals surface area contributed by atoms with Gasteiger partial charge in [0.15, 0.2) is 0 Å². The summed E-state index contributed by atoms with van der Waals surface area (Å²) in [6.45, 7) is 10.7. The van der Waals surface area contributed by atoms with Crippen molar-refractivity contribution in [2.45, 2.75) is 25.8 Å². The maximum absolute atomic E-state index is 5.57. The second-order valence-electron chi connectivity index (χ2n) is 3.94. The minimum Gasteiger partial charge on any atom is -0.379 e. The first-order valence-electron chi connectivity index (χ1n) is 6.40. The molecule has 0 N–H and O–H groups in total. The topological polar surface area (TPSA) is 30.9 Å². The molecule has 0 unspecified atom stereocenters. The molecule has 0 aromatic carbocycles. The van der Waals surface area contributed by atoms with E-state index in [1.54, 1.807) is 0 Å². The summed E-state index contributed by atoms with van der Waals surface area (Å²) in [5.74, 6) is 0.121. The quantitative estimate of drug-likeness (QED) is 0.455. The molecular weight excluding hydrogens is 222 g/mol.